The highest BCUT2D eigenvalue weighted by Gasteiger charge is 2.30. The van der Waals surface area contributed by atoms with Gasteiger partial charge in [-0.2, -0.15) is 11.8 Å². The number of ether oxygens (including phenoxy) is 4. The van der Waals surface area contributed by atoms with Gasteiger partial charge in [0, 0.05) is 56.2 Å². The number of likely N-dealkylation sites (N-methyl/N-ethyl adjacent to an activating group) is 2. The van der Waals surface area contributed by atoms with Gasteiger partial charge >= 0.3 is 24.2 Å². The zero-order chi connectivity index (χ0) is 35.7. The maximum Gasteiger partial charge on any atom is 0.415 e. The molecule has 0 spiro atoms. The second kappa shape index (κ2) is 16.5. The van der Waals surface area contributed by atoms with E-state index in [1.54, 1.807) is 53.1 Å². The van der Waals surface area contributed by atoms with Crippen LogP contribution in [0.5, 0.6) is 11.5 Å². The quantitative estimate of drug-likeness (QED) is 0.212. The van der Waals surface area contributed by atoms with Crippen LogP contribution in [0.4, 0.5) is 14.4 Å². The van der Waals surface area contributed by atoms with Crippen molar-refractivity contribution in [2.75, 3.05) is 46.7 Å². The van der Waals surface area contributed by atoms with E-state index in [2.05, 4.69) is 5.32 Å². The number of nitrogens with one attached hydrogen (secondary N) is 1. The number of hydrogen-bond acceptors (Lipinski definition) is 9. The lowest BCUT2D eigenvalue weighted by atomic mass is 9.98. The number of methoxy groups -OCH3 is 1. The number of aliphatic carboxylic acids is 1. The van der Waals surface area contributed by atoms with Gasteiger partial charge in [0.25, 0.3) is 0 Å². The fourth-order valence-corrected chi connectivity index (χ4v) is 6.15. The zero-order valence-electron chi connectivity index (χ0n) is 28.6. The van der Waals surface area contributed by atoms with E-state index in [1.165, 1.54) is 28.7 Å². The van der Waals surface area contributed by atoms with Gasteiger partial charge in [-0.15, -0.1) is 0 Å². The molecule has 0 aliphatic heterocycles. The largest absolute Gasteiger partial charge is 0.497 e. The lowest BCUT2D eigenvalue weighted by molar-refractivity contribution is -0.138. The number of fused-ring (bicyclic) bond motifs is 3. The van der Waals surface area contributed by atoms with Crippen LogP contribution >= 0.6 is 11.8 Å². The molecule has 4 rings (SSSR count). The van der Waals surface area contributed by atoms with Crippen LogP contribution < -0.4 is 14.8 Å². The van der Waals surface area contributed by atoms with E-state index in [4.69, 9.17) is 18.9 Å². The van der Waals surface area contributed by atoms with Gasteiger partial charge in [0.05, 0.1) is 7.11 Å². The molecule has 1 aliphatic carbocycles. The minimum Gasteiger partial charge on any atom is -0.497 e. The molecule has 2 N–H and O–H groups in total. The van der Waals surface area contributed by atoms with E-state index in [-0.39, 0.29) is 42.9 Å². The van der Waals surface area contributed by atoms with Gasteiger partial charge in [-0.25, -0.2) is 19.2 Å². The Labute approximate surface area is 290 Å². The van der Waals surface area contributed by atoms with E-state index in [1.807, 2.05) is 48.5 Å². The van der Waals surface area contributed by atoms with Crippen LogP contribution in [0.3, 0.4) is 0 Å². The van der Waals surface area contributed by atoms with Crippen molar-refractivity contribution in [3.63, 3.8) is 0 Å². The summed E-state index contributed by atoms with van der Waals surface area (Å²) in [6, 6.07) is 19.7. The highest BCUT2D eigenvalue weighted by atomic mass is 32.2. The first-order valence-corrected chi connectivity index (χ1v) is 16.9. The number of benzene rings is 3. The topological polar surface area (TPSA) is 144 Å². The highest BCUT2D eigenvalue weighted by Crippen LogP contribution is 2.44. The van der Waals surface area contributed by atoms with E-state index < -0.39 is 35.9 Å². The van der Waals surface area contributed by atoms with Crippen molar-refractivity contribution in [2.24, 2.45) is 0 Å². The Bertz CT molecular complexity index is 1610. The third-order valence-electron chi connectivity index (χ3n) is 7.74. The molecule has 0 fully saturated rings. The van der Waals surface area contributed by atoms with Crippen LogP contribution in [-0.4, -0.2) is 97.5 Å². The minimum absolute atomic E-state index is 0.0237. The van der Waals surface area contributed by atoms with Gasteiger partial charge in [0.2, 0.25) is 0 Å². The molecule has 3 aromatic carbocycles. The van der Waals surface area contributed by atoms with Crippen LogP contribution in [-0.2, 0) is 20.0 Å². The molecule has 0 saturated carbocycles. The Morgan fingerprint density at radius 1 is 0.898 bits per heavy atom. The number of carboxylic acids is 1. The number of nitrogens with zero attached hydrogens (tertiary/aromatic N) is 2. The number of rotatable bonds is 13. The normalized spacial score (nSPS) is 12.6. The summed E-state index contributed by atoms with van der Waals surface area (Å²) in [6.07, 6.45) is -1.99. The summed E-state index contributed by atoms with van der Waals surface area (Å²) < 4.78 is 21.9. The maximum absolute atomic E-state index is 12.9. The molecular weight excluding hydrogens is 650 g/mol. The smallest absolute Gasteiger partial charge is 0.415 e. The van der Waals surface area contributed by atoms with Crippen molar-refractivity contribution in [3.8, 4) is 22.6 Å². The van der Waals surface area contributed by atoms with Crippen LogP contribution in [0, 0.1) is 0 Å². The van der Waals surface area contributed by atoms with Gasteiger partial charge in [0.15, 0.2) is 0 Å². The van der Waals surface area contributed by atoms with Crippen LogP contribution in [0.25, 0.3) is 11.1 Å². The third-order valence-corrected chi connectivity index (χ3v) is 8.82. The van der Waals surface area contributed by atoms with Gasteiger partial charge in [-0.1, -0.05) is 54.6 Å². The Kier molecular flexibility index (Phi) is 12.4. The monoisotopic (exact) mass is 693 g/mol. The van der Waals surface area contributed by atoms with Crippen molar-refractivity contribution >= 4 is 36.0 Å². The average molecular weight is 694 g/mol. The number of alkyl carbamates (subject to hydrolysis) is 1. The first kappa shape index (κ1) is 36.9. The maximum atomic E-state index is 12.9. The Morgan fingerprint density at radius 2 is 1.49 bits per heavy atom. The van der Waals surface area contributed by atoms with E-state index in [9.17, 15) is 24.3 Å². The Morgan fingerprint density at radius 3 is 2.06 bits per heavy atom. The zero-order valence-corrected chi connectivity index (χ0v) is 29.4. The second-order valence-corrected chi connectivity index (χ2v) is 13.6. The molecule has 0 saturated heterocycles. The number of thioether (sulfide) groups is 1. The molecule has 1 atom stereocenters. The van der Waals surface area contributed by atoms with E-state index in [0.717, 1.165) is 22.3 Å². The summed E-state index contributed by atoms with van der Waals surface area (Å²) in [7, 11) is 4.62. The van der Waals surface area contributed by atoms with E-state index in [0.29, 0.717) is 11.3 Å². The average Bonchev–Trinajstić information content (AvgIpc) is 3.38. The Hall–Kier alpha value is -4.91. The van der Waals surface area contributed by atoms with Gasteiger partial charge in [-0.05, 0) is 49.1 Å². The summed E-state index contributed by atoms with van der Waals surface area (Å²) in [4.78, 5) is 52.7. The van der Waals surface area contributed by atoms with Gasteiger partial charge in [-0.3, -0.25) is 0 Å². The van der Waals surface area contributed by atoms with Crippen LogP contribution in [0.15, 0.2) is 66.7 Å². The molecule has 0 radical (unpaired) electrons. The van der Waals surface area contributed by atoms with Crippen molar-refractivity contribution < 1.29 is 43.2 Å². The molecule has 3 aromatic rings. The van der Waals surface area contributed by atoms with Crippen molar-refractivity contribution in [1.29, 1.82) is 0 Å². The van der Waals surface area contributed by atoms with Crippen molar-refractivity contribution in [1.82, 2.24) is 15.1 Å². The molecule has 3 amide bonds. The second-order valence-electron chi connectivity index (χ2n) is 12.5. The summed E-state index contributed by atoms with van der Waals surface area (Å²) in [5.74, 6) is -0.369. The summed E-state index contributed by atoms with van der Waals surface area (Å²) in [5.41, 5.74) is 4.26. The fraction of sp³-hybridized carbons (Fsp3) is 0.389. The predicted molar refractivity (Wildman–Crippen MR) is 186 cm³/mol. The molecule has 262 valence electrons. The number of carbonyl (C=O) groups excluding carboxylic acids is 3. The number of carbonyl (C=O) groups is 4. The molecule has 49 heavy (non-hydrogen) atoms. The summed E-state index contributed by atoms with van der Waals surface area (Å²) in [5, 5.41) is 12.3. The van der Waals surface area contributed by atoms with Crippen LogP contribution in [0.2, 0.25) is 0 Å². The first-order valence-electron chi connectivity index (χ1n) is 15.7. The number of amides is 3. The SMILES string of the molecule is COc1ccc(CSC[C@H](NC(=O)OCC2c3ccccc3-c3ccccc32)C(=O)O)c(OC(=O)N(C)CCN(C)C(=O)OC(C)(C)C)c1. The van der Waals surface area contributed by atoms with E-state index >= 15 is 0 Å². The van der Waals surface area contributed by atoms with Crippen LogP contribution in [0.1, 0.15) is 43.4 Å². The summed E-state index contributed by atoms with van der Waals surface area (Å²) in [6.45, 7) is 5.78. The predicted octanol–water partition coefficient (Wildman–Crippen LogP) is 6.22. The minimum atomic E-state index is -1.22. The first-order chi connectivity index (χ1) is 23.3. The fourth-order valence-electron chi connectivity index (χ4n) is 5.11. The molecule has 13 heteroatoms. The molecular formula is C36H43N3O9S. The number of carboxylic acid groups (broad SMARTS) is 1. The molecule has 0 unspecified atom stereocenters. The molecule has 0 aromatic heterocycles. The van der Waals surface area contributed by atoms with Crippen molar-refractivity contribution in [2.45, 2.75) is 44.1 Å². The van der Waals surface area contributed by atoms with Gasteiger partial charge in [0.1, 0.15) is 29.7 Å². The lowest BCUT2D eigenvalue weighted by Gasteiger charge is -2.26. The summed E-state index contributed by atoms with van der Waals surface area (Å²) >= 11 is 1.24. The molecule has 12 nitrogen and oxygen atoms in total. The molecule has 0 heterocycles. The Balaban J connectivity index is 1.30. The lowest BCUT2D eigenvalue weighted by Crippen LogP contribution is -2.43. The highest BCUT2D eigenvalue weighted by molar-refractivity contribution is 7.98. The number of hydrogen-bond donors (Lipinski definition) is 2. The van der Waals surface area contributed by atoms with Crippen molar-refractivity contribution in [3.05, 3.63) is 83.4 Å². The van der Waals surface area contributed by atoms with Gasteiger partial charge < -0.3 is 39.2 Å². The standard InChI is InChI=1S/C36H43N3O9S/c1-36(2,3)48-35(44)39(5)18-17-38(4)34(43)47-31-19-24(45-6)16-15-23(31)21-49-22-30(32(40)41)37-33(42)46-20-29-27-13-9-7-11-25(27)26-12-8-10-14-28(26)29/h7-16,19,29-30H,17-18,20-22H2,1-6H3,(H,37,42)(H,40,41)/t30-/m0/s1. The molecule has 0 bridgehead atoms. The third kappa shape index (κ3) is 10.0. The molecule has 1 aliphatic rings.